The first-order valence-corrected chi connectivity index (χ1v) is 42.3. The van der Waals surface area contributed by atoms with Gasteiger partial charge in [0.05, 0.1) is 39.1 Å². The molecule has 12 amide bonds. The molecule has 2 aromatic heterocycles. The number of hydrogen-bond donors (Lipinski definition) is 17. The number of H-pyrrole nitrogens is 2. The number of para-hydroxylation sites is 1. The maximum atomic E-state index is 14.7. The third-order valence-electron chi connectivity index (χ3n) is 21.2. The molecule has 1 aliphatic heterocycles. The summed E-state index contributed by atoms with van der Waals surface area (Å²) >= 11 is 1.45. The van der Waals surface area contributed by atoms with Gasteiger partial charge in [0.15, 0.2) is 5.78 Å². The number of primary amides is 2. The number of thioether (sulfide) groups is 1. The fourth-order valence-corrected chi connectivity index (χ4v) is 14.8. The van der Waals surface area contributed by atoms with Crippen LogP contribution in [0, 0.1) is 23.7 Å². The topological polar surface area (TPSA) is 564 Å². The van der Waals surface area contributed by atoms with Gasteiger partial charge in [-0.25, -0.2) is 4.98 Å². The lowest BCUT2D eigenvalue weighted by Gasteiger charge is -2.33. The summed E-state index contributed by atoms with van der Waals surface area (Å²) in [5.74, 6) is -13.5. The summed E-state index contributed by atoms with van der Waals surface area (Å²) in [7, 11) is 0. The molecule has 8 atom stereocenters. The van der Waals surface area contributed by atoms with E-state index in [1.807, 2.05) is 20.1 Å². The Morgan fingerprint density at radius 3 is 1.59 bits per heavy atom. The molecule has 1 saturated carbocycles. The first-order valence-electron chi connectivity index (χ1n) is 40.9. The molecule has 3 heterocycles. The number of carboxylic acid groups (broad SMARTS) is 3. The van der Waals surface area contributed by atoms with E-state index in [0.717, 1.165) is 0 Å². The minimum absolute atomic E-state index is 0.0306. The number of carbonyl (C=O) groups is 16. The van der Waals surface area contributed by atoms with Crippen LogP contribution in [0.3, 0.4) is 0 Å². The van der Waals surface area contributed by atoms with Gasteiger partial charge in [-0.2, -0.15) is 11.8 Å². The highest BCUT2D eigenvalue weighted by atomic mass is 32.2. The monoisotopic (exact) mass is 1720 g/mol. The van der Waals surface area contributed by atoms with Gasteiger partial charge in [0.1, 0.15) is 48.3 Å². The van der Waals surface area contributed by atoms with Gasteiger partial charge in [0.25, 0.3) is 0 Å². The van der Waals surface area contributed by atoms with Crippen LogP contribution < -0.4 is 64.6 Å². The van der Waals surface area contributed by atoms with Crippen LogP contribution in [0.5, 0.6) is 0 Å². The molecule has 5 aromatic rings. The lowest BCUT2D eigenvalue weighted by molar-refractivity contribution is -0.140. The van der Waals surface area contributed by atoms with Crippen LogP contribution in [-0.2, 0) is 91.2 Å². The van der Waals surface area contributed by atoms with Crippen molar-refractivity contribution in [3.05, 3.63) is 126 Å². The van der Waals surface area contributed by atoms with Gasteiger partial charge in [-0.15, -0.1) is 0 Å². The van der Waals surface area contributed by atoms with Crippen molar-refractivity contribution >= 4 is 117 Å². The van der Waals surface area contributed by atoms with Gasteiger partial charge in [0.2, 0.25) is 70.9 Å². The number of hydrogen-bond acceptors (Lipinski definition) is 22. The Bertz CT molecular complexity index is 4360. The lowest BCUT2D eigenvalue weighted by atomic mass is 9.81. The van der Waals surface area contributed by atoms with E-state index < -0.39 is 156 Å². The Morgan fingerprint density at radius 2 is 1.03 bits per heavy atom. The second-order valence-corrected chi connectivity index (χ2v) is 32.7. The minimum Gasteiger partial charge on any atom is -0.480 e. The van der Waals surface area contributed by atoms with Crippen molar-refractivity contribution in [2.24, 2.45) is 35.1 Å². The summed E-state index contributed by atoms with van der Waals surface area (Å²) in [6.07, 6.45) is 7.11. The number of rotatable bonds is 46. The zero-order chi connectivity index (χ0) is 89.1. The van der Waals surface area contributed by atoms with Crippen LogP contribution in [-0.4, -0.2) is 296 Å². The van der Waals surface area contributed by atoms with E-state index >= 15 is 0 Å². The highest BCUT2D eigenvalue weighted by molar-refractivity contribution is 7.98. The van der Waals surface area contributed by atoms with Gasteiger partial charge >= 0.3 is 17.9 Å². The highest BCUT2D eigenvalue weighted by Crippen LogP contribution is 2.29. The third kappa shape index (κ3) is 33.0. The van der Waals surface area contributed by atoms with E-state index in [0.29, 0.717) is 57.4 Å². The van der Waals surface area contributed by atoms with E-state index in [4.69, 9.17) is 11.5 Å². The molecule has 664 valence electrons. The van der Waals surface area contributed by atoms with Crippen molar-refractivity contribution in [1.29, 1.82) is 0 Å². The maximum Gasteiger partial charge on any atom is 0.317 e. The van der Waals surface area contributed by atoms with Gasteiger partial charge in [-0.05, 0) is 98.8 Å². The molecule has 0 radical (unpaired) electrons. The van der Waals surface area contributed by atoms with Crippen molar-refractivity contribution in [2.75, 3.05) is 104 Å². The zero-order valence-corrected chi connectivity index (χ0v) is 70.5. The number of fused-ring (bicyclic) bond motifs is 1. The Kier molecular flexibility index (Phi) is 39.4. The average molecular weight is 1720 g/mol. The Hall–Kier alpha value is -11.7. The number of ketones is 1. The summed E-state index contributed by atoms with van der Waals surface area (Å²) in [5, 5.41) is 57.0. The van der Waals surface area contributed by atoms with Crippen molar-refractivity contribution in [1.82, 2.24) is 87.7 Å². The van der Waals surface area contributed by atoms with Crippen molar-refractivity contribution in [3.8, 4) is 0 Å². The highest BCUT2D eigenvalue weighted by Gasteiger charge is 2.37. The quantitative estimate of drug-likeness (QED) is 0.0203. The predicted octanol–water partition coefficient (Wildman–Crippen LogP) is -1.23. The summed E-state index contributed by atoms with van der Waals surface area (Å²) in [5.41, 5.74) is 14.3. The van der Waals surface area contributed by atoms with Crippen LogP contribution in [0.25, 0.3) is 10.9 Å². The van der Waals surface area contributed by atoms with Gasteiger partial charge in [-0.1, -0.05) is 100 Å². The van der Waals surface area contributed by atoms with Crippen molar-refractivity contribution in [3.63, 3.8) is 0 Å². The Morgan fingerprint density at radius 1 is 0.508 bits per heavy atom. The van der Waals surface area contributed by atoms with E-state index in [1.54, 1.807) is 119 Å². The molecule has 1 saturated heterocycles. The third-order valence-corrected chi connectivity index (χ3v) is 21.9. The van der Waals surface area contributed by atoms with E-state index in [2.05, 4.69) is 68.1 Å². The molecule has 38 nitrogen and oxygen atoms in total. The number of aromatic amines is 2. The van der Waals surface area contributed by atoms with Crippen molar-refractivity contribution < 1.29 is 92.0 Å². The molecule has 39 heteroatoms. The lowest BCUT2D eigenvalue weighted by Crippen LogP contribution is -2.59. The first-order chi connectivity index (χ1) is 58.1. The van der Waals surface area contributed by atoms with Crippen LogP contribution in [0.1, 0.15) is 119 Å². The Labute approximate surface area is 711 Å². The van der Waals surface area contributed by atoms with Crippen LogP contribution in [0.2, 0.25) is 0 Å². The van der Waals surface area contributed by atoms with Crippen LogP contribution in [0.15, 0.2) is 97.6 Å². The first kappa shape index (κ1) is 97.4. The molecule has 0 spiro atoms. The summed E-state index contributed by atoms with van der Waals surface area (Å²) in [4.78, 5) is 232. The number of aromatic nitrogens is 3. The number of nitrogens with two attached hydrogens (primary N) is 2. The van der Waals surface area contributed by atoms with E-state index in [-0.39, 0.29) is 160 Å². The SMILES string of the molecule is CSCC[C@H](NC(=O)[C@H](CC(C)C)NC(=O)[C@H](Cc1cnc[nH]1)NC(=O)CNC(=O)[C@@H](NC(=O)[C@H](C)NC(=O)[C@H](Cc1c[nH]c2ccccc12)NC(=O)[C@H](CCC(N)=O)NC(=O)C1CCC(CNC(=O)[C@H](Cc2ccc(C(=O)c3ccccc3)cc2)NC(=O)CN2CCN(CC(=O)O)CCN(CC(=O)O)CCN(CC(=O)O)CC2)CC1)C(C)C)C(N)=O. The standard InChI is InChI=1S/C83H117N19O19S/c1-49(2)36-63(81(119)94-61(75(85)113)26-35-122-6)96-82(120)66(39-58-42-86-48-90-58)92-68(104)43-89-83(121)73(50(3)4)98-76(114)51(5)91-80(118)65(38-57-41-87-60-15-11-10-14-59(57)60)97-79(117)62(24-25-67(84)103)95-77(115)56-22-18-53(19-23-56)40-88-78(116)64(37-52-16-20-55(21-17-52)74(112)54-12-8-7-9-13-54)93-69(105)44-99-27-29-100(45-70(106)107)31-33-102(47-72(110)111)34-32-101(30-28-99)46-71(108)109/h7-17,20-21,41-42,48-51,53,56,61-66,73,87H,18-19,22-40,43-47H2,1-6H3,(H2,84,103)(H2,85,113)(H,86,90)(H,88,116)(H,89,121)(H,91,118)(H,92,104)(H,93,105)(H,94,119)(H,95,115)(H,96,120)(H,97,117)(H,98,114)(H,106,107)(H,108,109)(H,110,111)/t51-,53?,56?,61-,62-,63-,64-,65-,66-,73-/m0/s1. The molecule has 2 aliphatic rings. The van der Waals surface area contributed by atoms with Crippen LogP contribution >= 0.6 is 11.8 Å². The molecule has 122 heavy (non-hydrogen) atoms. The molecule has 2 fully saturated rings. The predicted molar refractivity (Wildman–Crippen MR) is 450 cm³/mol. The fourth-order valence-electron chi connectivity index (χ4n) is 14.4. The smallest absolute Gasteiger partial charge is 0.317 e. The summed E-state index contributed by atoms with van der Waals surface area (Å²) in [6.45, 7) is 7.43. The minimum atomic E-state index is -1.45. The normalized spacial score (nSPS) is 17.1. The Balaban J connectivity index is 0.989. The molecular weight excluding hydrogens is 1600 g/mol. The largest absolute Gasteiger partial charge is 0.480 e. The zero-order valence-electron chi connectivity index (χ0n) is 69.7. The summed E-state index contributed by atoms with van der Waals surface area (Å²) in [6, 6.07) is 12.2. The number of aliphatic carboxylic acids is 3. The number of amides is 12. The number of nitrogens with one attached hydrogen (secondary N) is 12. The molecule has 19 N–H and O–H groups in total. The maximum absolute atomic E-state index is 14.7. The number of benzene rings is 3. The van der Waals surface area contributed by atoms with E-state index in [1.165, 1.54) is 31.2 Å². The summed E-state index contributed by atoms with van der Waals surface area (Å²) < 4.78 is 0. The van der Waals surface area contributed by atoms with Gasteiger partial charge < -0.3 is 89.9 Å². The number of carbonyl (C=O) groups excluding carboxylic acids is 13. The number of nitrogens with zero attached hydrogens (tertiary/aromatic N) is 5. The molecular formula is C83H117N19O19S. The molecule has 0 unspecified atom stereocenters. The molecule has 0 bridgehead atoms. The molecule has 3 aromatic carbocycles. The number of carboxylic acids is 3. The molecule has 1 aliphatic carbocycles. The van der Waals surface area contributed by atoms with Gasteiger partial charge in [-0.3, -0.25) is 96.3 Å². The average Bonchev–Trinajstić information content (AvgIpc) is 1.68. The second-order valence-electron chi connectivity index (χ2n) is 31.7. The fraction of sp³-hybridized carbons (Fsp3) is 0.530. The van der Waals surface area contributed by atoms with Crippen LogP contribution in [0.4, 0.5) is 0 Å². The molecule has 7 rings (SSSR count). The van der Waals surface area contributed by atoms with Gasteiger partial charge in [0, 0.05) is 131 Å². The van der Waals surface area contributed by atoms with E-state index in [9.17, 15) is 92.0 Å². The number of imidazole rings is 1. The van der Waals surface area contributed by atoms with Crippen molar-refractivity contribution in [2.45, 2.75) is 154 Å². The second kappa shape index (κ2) is 49.3.